The lowest BCUT2D eigenvalue weighted by Gasteiger charge is -2.30. The third-order valence-corrected chi connectivity index (χ3v) is 3.46. The molecule has 0 amide bonds. The number of hydrogen-bond acceptors (Lipinski definition) is 2. The van der Waals surface area contributed by atoms with Crippen molar-refractivity contribution in [2.45, 2.75) is 51.6 Å². The van der Waals surface area contributed by atoms with Crippen LogP contribution in [0.25, 0.3) is 0 Å². The van der Waals surface area contributed by atoms with Gasteiger partial charge in [0.05, 0.1) is 0 Å². The van der Waals surface area contributed by atoms with E-state index in [1.54, 1.807) is 0 Å². The Balaban J connectivity index is 1.91. The Morgan fingerprint density at radius 2 is 2.25 bits per heavy atom. The molecule has 1 N–H and O–H groups in total. The highest BCUT2D eigenvalue weighted by Gasteiger charge is 2.18. The minimum Gasteiger partial charge on any atom is -0.311 e. The van der Waals surface area contributed by atoms with Crippen LogP contribution in [0.3, 0.4) is 0 Å². The molecule has 0 radical (unpaired) electrons. The molecule has 0 aromatic rings. The van der Waals surface area contributed by atoms with Crippen molar-refractivity contribution in [3.05, 3.63) is 0 Å². The molecule has 12 heavy (non-hydrogen) atoms. The maximum absolute atomic E-state index is 3.66. The molecule has 0 heterocycles. The van der Waals surface area contributed by atoms with E-state index in [9.17, 15) is 0 Å². The van der Waals surface area contributed by atoms with Gasteiger partial charge in [0.25, 0.3) is 0 Å². The van der Waals surface area contributed by atoms with Gasteiger partial charge in [-0.05, 0) is 37.7 Å². The smallest absolute Gasteiger partial charge is 0.00695 e. The van der Waals surface area contributed by atoms with E-state index >= 15 is 0 Å². The summed E-state index contributed by atoms with van der Waals surface area (Å²) in [6.45, 7) is 4.54. The van der Waals surface area contributed by atoms with E-state index in [0.29, 0.717) is 0 Å². The molecule has 0 aromatic heterocycles. The van der Waals surface area contributed by atoms with E-state index in [0.717, 1.165) is 12.1 Å². The molecule has 1 aliphatic rings. The third-order valence-electron chi connectivity index (χ3n) is 2.52. The van der Waals surface area contributed by atoms with Crippen LogP contribution in [0.4, 0.5) is 0 Å². The molecular weight excluding hydrogens is 166 g/mol. The summed E-state index contributed by atoms with van der Waals surface area (Å²) < 4.78 is 0. The summed E-state index contributed by atoms with van der Waals surface area (Å²) in [4.78, 5) is 0. The number of thioether (sulfide) groups is 1. The van der Waals surface area contributed by atoms with Crippen molar-refractivity contribution in [3.8, 4) is 0 Å². The Labute approximate surface area is 80.7 Å². The number of rotatable bonds is 6. The Morgan fingerprint density at radius 3 is 2.75 bits per heavy atom. The first-order chi connectivity index (χ1) is 5.83. The van der Waals surface area contributed by atoms with E-state index in [4.69, 9.17) is 0 Å². The fraction of sp³-hybridized carbons (Fsp3) is 1.00. The monoisotopic (exact) mass is 187 g/mol. The number of nitrogens with one attached hydrogen (secondary N) is 1. The van der Waals surface area contributed by atoms with Crippen LogP contribution in [-0.2, 0) is 0 Å². The molecule has 1 atom stereocenters. The lowest BCUT2D eigenvalue weighted by molar-refractivity contribution is 0.308. The van der Waals surface area contributed by atoms with Gasteiger partial charge in [-0.3, -0.25) is 0 Å². The van der Waals surface area contributed by atoms with Crippen molar-refractivity contribution in [1.29, 1.82) is 0 Å². The average molecular weight is 187 g/mol. The van der Waals surface area contributed by atoms with Gasteiger partial charge in [-0.25, -0.2) is 0 Å². The van der Waals surface area contributed by atoms with Crippen molar-refractivity contribution < 1.29 is 0 Å². The van der Waals surface area contributed by atoms with Gasteiger partial charge < -0.3 is 5.32 Å². The van der Waals surface area contributed by atoms with Gasteiger partial charge in [0, 0.05) is 12.1 Å². The average Bonchev–Trinajstić information content (AvgIpc) is 1.98. The van der Waals surface area contributed by atoms with E-state index in [1.807, 2.05) is 11.8 Å². The maximum atomic E-state index is 3.66. The van der Waals surface area contributed by atoms with Crippen LogP contribution < -0.4 is 5.32 Å². The second kappa shape index (κ2) is 5.87. The summed E-state index contributed by atoms with van der Waals surface area (Å²) in [5, 5.41) is 3.66. The largest absolute Gasteiger partial charge is 0.311 e. The highest BCUT2D eigenvalue weighted by atomic mass is 32.2. The van der Waals surface area contributed by atoms with Gasteiger partial charge in [0.2, 0.25) is 0 Å². The molecule has 0 spiro atoms. The molecule has 1 rings (SSSR count). The molecule has 1 saturated carbocycles. The molecule has 0 aromatic carbocycles. The summed E-state index contributed by atoms with van der Waals surface area (Å²) in [6, 6.07) is 1.58. The van der Waals surface area contributed by atoms with Gasteiger partial charge in [-0.15, -0.1) is 0 Å². The molecule has 1 fully saturated rings. The van der Waals surface area contributed by atoms with E-state index < -0.39 is 0 Å². The summed E-state index contributed by atoms with van der Waals surface area (Å²) >= 11 is 2.05. The van der Waals surface area contributed by atoms with Crippen LogP contribution in [0, 0.1) is 0 Å². The predicted octanol–water partition coefficient (Wildman–Crippen LogP) is 2.66. The van der Waals surface area contributed by atoms with Crippen LogP contribution in [0.2, 0.25) is 0 Å². The summed E-state index contributed by atoms with van der Waals surface area (Å²) in [5.41, 5.74) is 0. The zero-order valence-corrected chi connectivity index (χ0v) is 9.12. The number of hydrogen-bond donors (Lipinski definition) is 1. The SMILES string of the molecule is CCSCCC(C)NC1CCC1. The normalized spacial score (nSPS) is 20.5. The van der Waals surface area contributed by atoms with Crippen LogP contribution in [0.5, 0.6) is 0 Å². The molecule has 0 aliphatic heterocycles. The fourth-order valence-electron chi connectivity index (χ4n) is 1.47. The predicted molar refractivity (Wildman–Crippen MR) is 57.9 cm³/mol. The summed E-state index contributed by atoms with van der Waals surface area (Å²) in [5.74, 6) is 2.58. The van der Waals surface area contributed by atoms with Gasteiger partial charge in [0.15, 0.2) is 0 Å². The molecule has 0 bridgehead atoms. The molecule has 1 nitrogen and oxygen atoms in total. The maximum Gasteiger partial charge on any atom is 0.00695 e. The van der Waals surface area contributed by atoms with Gasteiger partial charge >= 0.3 is 0 Å². The highest BCUT2D eigenvalue weighted by Crippen LogP contribution is 2.19. The first-order valence-electron chi connectivity index (χ1n) is 5.16. The second-order valence-electron chi connectivity index (χ2n) is 3.68. The Bertz CT molecular complexity index is 112. The zero-order chi connectivity index (χ0) is 8.81. The minimum absolute atomic E-state index is 0.731. The van der Waals surface area contributed by atoms with Crippen LogP contribution >= 0.6 is 11.8 Å². The van der Waals surface area contributed by atoms with E-state index in [-0.39, 0.29) is 0 Å². The minimum atomic E-state index is 0.731. The van der Waals surface area contributed by atoms with Gasteiger partial charge in [-0.2, -0.15) is 11.8 Å². The quantitative estimate of drug-likeness (QED) is 0.642. The Kier molecular flexibility index (Phi) is 5.08. The van der Waals surface area contributed by atoms with Crippen molar-refractivity contribution in [2.75, 3.05) is 11.5 Å². The molecule has 0 saturated heterocycles. The van der Waals surface area contributed by atoms with E-state index in [1.165, 1.54) is 37.2 Å². The standard InChI is InChI=1S/C10H21NS/c1-3-12-8-7-9(2)11-10-5-4-6-10/h9-11H,3-8H2,1-2H3. The van der Waals surface area contributed by atoms with Gasteiger partial charge in [0.1, 0.15) is 0 Å². The van der Waals surface area contributed by atoms with Crippen molar-refractivity contribution in [2.24, 2.45) is 0 Å². The topological polar surface area (TPSA) is 12.0 Å². The van der Waals surface area contributed by atoms with Crippen LogP contribution in [0.1, 0.15) is 39.5 Å². The summed E-state index contributed by atoms with van der Waals surface area (Å²) in [7, 11) is 0. The zero-order valence-electron chi connectivity index (χ0n) is 8.31. The first kappa shape index (κ1) is 10.4. The van der Waals surface area contributed by atoms with E-state index in [2.05, 4.69) is 19.2 Å². The second-order valence-corrected chi connectivity index (χ2v) is 5.07. The van der Waals surface area contributed by atoms with Crippen molar-refractivity contribution >= 4 is 11.8 Å². The lowest BCUT2D eigenvalue weighted by Crippen LogP contribution is -2.41. The molecule has 72 valence electrons. The molecular formula is C10H21NS. The Hall–Kier alpha value is 0.310. The van der Waals surface area contributed by atoms with Gasteiger partial charge in [-0.1, -0.05) is 13.3 Å². The third kappa shape index (κ3) is 3.81. The molecule has 1 aliphatic carbocycles. The van der Waals surface area contributed by atoms with Crippen LogP contribution in [0.15, 0.2) is 0 Å². The first-order valence-corrected chi connectivity index (χ1v) is 6.32. The lowest BCUT2D eigenvalue weighted by atomic mass is 9.92. The summed E-state index contributed by atoms with van der Waals surface area (Å²) in [6.07, 6.45) is 5.58. The van der Waals surface area contributed by atoms with Crippen LogP contribution in [-0.4, -0.2) is 23.6 Å². The Morgan fingerprint density at radius 1 is 1.50 bits per heavy atom. The fourth-order valence-corrected chi connectivity index (χ4v) is 2.27. The molecule has 2 heteroatoms. The highest BCUT2D eigenvalue weighted by molar-refractivity contribution is 7.99. The van der Waals surface area contributed by atoms with Crippen molar-refractivity contribution in [1.82, 2.24) is 5.32 Å². The van der Waals surface area contributed by atoms with Crippen molar-refractivity contribution in [3.63, 3.8) is 0 Å². The molecule has 1 unspecified atom stereocenters.